The zero-order chi connectivity index (χ0) is 68.2. The van der Waals surface area contributed by atoms with Crippen molar-refractivity contribution in [3.05, 3.63) is 374 Å². The summed E-state index contributed by atoms with van der Waals surface area (Å²) in [5.41, 5.74) is 31.9. The van der Waals surface area contributed by atoms with Gasteiger partial charge >= 0.3 is 0 Å². The second-order valence-electron chi connectivity index (χ2n) is 29.0. The smallest absolute Gasteiger partial charge is 0.256 e. The number of para-hydroxylation sites is 7. The van der Waals surface area contributed by atoms with E-state index in [1.54, 1.807) is 0 Å². The van der Waals surface area contributed by atoms with Gasteiger partial charge in [0.1, 0.15) is 23.0 Å². The molecule has 0 atom stereocenters. The third-order valence-corrected chi connectivity index (χ3v) is 22.4. The molecule has 21 rings (SSSR count). The third kappa shape index (κ3) is 8.71. The summed E-state index contributed by atoms with van der Waals surface area (Å²) in [6, 6.07) is 128. The van der Waals surface area contributed by atoms with E-state index < -0.39 is 5.41 Å². The second kappa shape index (κ2) is 22.6. The Kier molecular flexibility index (Phi) is 13.0. The van der Waals surface area contributed by atoms with Crippen molar-refractivity contribution in [2.75, 3.05) is 19.6 Å². The van der Waals surface area contributed by atoms with Gasteiger partial charge in [-0.05, 0) is 156 Å². The lowest BCUT2D eigenvalue weighted by Gasteiger charge is -2.47. The molecule has 1 spiro atoms. The Labute approximate surface area is 601 Å². The molecule has 0 aromatic heterocycles. The van der Waals surface area contributed by atoms with Gasteiger partial charge in [-0.1, -0.05) is 269 Å². The largest absolute Gasteiger partial charge is 0.458 e. The molecule has 0 bridgehead atoms. The molecule has 6 nitrogen and oxygen atoms in total. The summed E-state index contributed by atoms with van der Waals surface area (Å²) < 4.78 is 15.8. The molecule has 15 aromatic carbocycles. The number of rotatable bonds is 8. The lowest BCUT2D eigenvalue weighted by atomic mass is 9.33. The van der Waals surface area contributed by atoms with Crippen LogP contribution in [0.2, 0.25) is 0 Å². The maximum Gasteiger partial charge on any atom is 0.256 e. The van der Waals surface area contributed by atoms with Crippen molar-refractivity contribution in [3.63, 3.8) is 0 Å². The van der Waals surface area contributed by atoms with Gasteiger partial charge in [-0.25, -0.2) is 0 Å². The average Bonchev–Trinajstić information content (AvgIpc) is 1.63. The summed E-state index contributed by atoms with van der Waals surface area (Å²) in [4.78, 5) is 9.97. The van der Waals surface area contributed by atoms with Gasteiger partial charge in [0.2, 0.25) is 0 Å². The van der Waals surface area contributed by atoms with Crippen molar-refractivity contribution >= 4 is 114 Å². The lowest BCUT2D eigenvalue weighted by molar-refractivity contribution is 0.428. The molecule has 8 heteroatoms. The number of benzene rings is 15. The predicted octanol–water partition coefficient (Wildman–Crippen LogP) is 20.7. The summed E-state index contributed by atoms with van der Waals surface area (Å²) in [6.45, 7) is 6.57. The Morgan fingerprint density at radius 3 is 1.35 bits per heavy atom. The van der Waals surface area contributed by atoms with E-state index in [1.807, 2.05) is 0 Å². The highest BCUT2D eigenvalue weighted by Crippen LogP contribution is 2.64. The lowest BCUT2D eigenvalue weighted by Crippen LogP contribution is -2.61. The fourth-order valence-electron chi connectivity index (χ4n) is 18.1. The van der Waals surface area contributed by atoms with E-state index in [4.69, 9.17) is 9.47 Å². The number of anilines is 12. The molecule has 0 unspecified atom stereocenters. The van der Waals surface area contributed by atoms with Gasteiger partial charge in [-0.3, -0.25) is 0 Å². The predicted molar refractivity (Wildman–Crippen MR) is 428 cm³/mol. The number of nitrogens with zero attached hydrogens (tertiary/aromatic N) is 4. The van der Waals surface area contributed by atoms with Gasteiger partial charge < -0.3 is 29.1 Å². The molecule has 0 amide bonds. The molecule has 103 heavy (non-hydrogen) atoms. The summed E-state index contributed by atoms with van der Waals surface area (Å²) in [7, 11) is 0. The van der Waals surface area contributed by atoms with Crippen LogP contribution in [0.5, 0.6) is 23.0 Å². The Hall–Kier alpha value is -12.8. The highest BCUT2D eigenvalue weighted by molar-refractivity contribution is 7.01. The molecule has 1 aliphatic carbocycles. The Balaban J connectivity index is 0.837. The molecule has 0 radical (unpaired) electrons. The van der Waals surface area contributed by atoms with E-state index in [0.29, 0.717) is 0 Å². The van der Waals surface area contributed by atoms with Gasteiger partial charge in [0.15, 0.2) is 0 Å². The first-order valence-electron chi connectivity index (χ1n) is 35.9. The molecule has 5 heterocycles. The van der Waals surface area contributed by atoms with Crippen molar-refractivity contribution in [2.45, 2.75) is 31.6 Å². The maximum absolute atomic E-state index is 7.92. The quantitative estimate of drug-likeness (QED) is 0.141. The van der Waals surface area contributed by atoms with Crippen LogP contribution in [0, 0.1) is 0 Å². The Morgan fingerprint density at radius 1 is 0.291 bits per heavy atom. The Morgan fingerprint density at radius 2 is 0.738 bits per heavy atom. The molecule has 0 saturated carbocycles. The Bertz CT molecular complexity index is 5940. The van der Waals surface area contributed by atoms with E-state index in [9.17, 15) is 0 Å². The summed E-state index contributed by atoms with van der Waals surface area (Å²) in [5.74, 6) is 3.09. The van der Waals surface area contributed by atoms with E-state index in [1.165, 1.54) is 61.0 Å². The van der Waals surface area contributed by atoms with Crippen LogP contribution in [0.25, 0.3) is 33.4 Å². The molecule has 0 fully saturated rings. The molecule has 6 aliphatic rings. The highest BCUT2D eigenvalue weighted by Gasteiger charge is 2.55. The number of hydrogen-bond acceptors (Lipinski definition) is 6. The van der Waals surface area contributed by atoms with Crippen molar-refractivity contribution in [1.29, 1.82) is 0 Å². The van der Waals surface area contributed by atoms with Crippen molar-refractivity contribution < 1.29 is 9.47 Å². The van der Waals surface area contributed by atoms with Crippen LogP contribution in [0.1, 0.15) is 48.6 Å². The van der Waals surface area contributed by atoms with Gasteiger partial charge in [0.05, 0.1) is 22.5 Å². The van der Waals surface area contributed by atoms with E-state index in [-0.39, 0.29) is 18.8 Å². The minimum absolute atomic E-state index is 0.157. The van der Waals surface area contributed by atoms with Gasteiger partial charge in [-0.15, -0.1) is 0 Å². The fraction of sp³-hybridized carbons (Fsp3) is 0.0526. The normalized spacial score (nSPS) is 13.9. The first kappa shape index (κ1) is 59.1. The van der Waals surface area contributed by atoms with E-state index >= 15 is 0 Å². The summed E-state index contributed by atoms with van der Waals surface area (Å²) in [6.07, 6.45) is 0. The van der Waals surface area contributed by atoms with Crippen molar-refractivity contribution in [1.82, 2.24) is 0 Å². The fourth-order valence-corrected chi connectivity index (χ4v) is 18.1. The van der Waals surface area contributed by atoms with E-state index in [0.717, 1.165) is 124 Å². The van der Waals surface area contributed by atoms with Crippen LogP contribution in [0.15, 0.2) is 346 Å². The average molecular weight is 1320 g/mol. The summed E-state index contributed by atoms with van der Waals surface area (Å²) in [5, 5.41) is 0. The number of ether oxygens (including phenoxy) is 2. The molecule has 5 aliphatic heterocycles. The van der Waals surface area contributed by atoms with Crippen LogP contribution in [-0.4, -0.2) is 13.4 Å². The van der Waals surface area contributed by atoms with Gasteiger partial charge in [0.25, 0.3) is 13.4 Å². The zero-order valence-corrected chi connectivity index (χ0v) is 57.2. The SMILES string of the molecule is CC(C)(C)c1cc2c3c(c1)N(c1ccccc1)c1cc4c(cc1B3c1ccccc1N2c1ccccc1)C1(c2cc3c(cc2O4)Oc2cc(N(c4ccccc4)c4ccccc4-c4ccccc4)cc4c2B3c2ccccc2N4c2ccccc2-c2ccccc2)c2ccccc2-c2ccccc21. The van der Waals surface area contributed by atoms with Gasteiger partial charge in [-0.2, -0.15) is 0 Å². The highest BCUT2D eigenvalue weighted by atomic mass is 16.5. The molecular weight excluding hydrogens is 1250 g/mol. The standard InChI is InChI=1S/C95H66B2N4O2/c1-94(2,3)63-53-85-92-86(54-63)100(66-39-17-8-18-40-66)84-59-88-74(57-78(84)96(92)76-47-25-29-51-82(76)99(85)65-37-15-7-16-38-65)95(72-45-23-19-43-70(72)71-44-20-24-46-73(71)95)75-58-79-90(60-89(75)102-88)103-91-56-67(98(64-35-13-6-14-36-64)80-49-27-21-41-68(80)61-31-9-4-10-32-61)55-87-93(91)97(79)77-48-26-30-52-83(77)101(87)81-50-28-22-42-69(81)62-33-11-5-12-34-62/h4-60H,1-3H3. The van der Waals surface area contributed by atoms with Crippen LogP contribution >= 0.6 is 0 Å². The third-order valence-electron chi connectivity index (χ3n) is 22.4. The monoisotopic (exact) mass is 1320 g/mol. The molecule has 0 N–H and O–H groups in total. The van der Waals surface area contributed by atoms with Crippen LogP contribution in [0.4, 0.5) is 68.2 Å². The molecule has 0 saturated heterocycles. The van der Waals surface area contributed by atoms with Crippen molar-refractivity contribution in [2.24, 2.45) is 0 Å². The first-order chi connectivity index (χ1) is 50.8. The first-order valence-corrected chi connectivity index (χ1v) is 35.9. The minimum atomic E-state index is -0.870. The molecular formula is C95H66B2N4O2. The van der Waals surface area contributed by atoms with Crippen LogP contribution < -0.4 is 61.9 Å². The number of hydrogen-bond donors (Lipinski definition) is 0. The van der Waals surface area contributed by atoms with Crippen LogP contribution in [-0.2, 0) is 10.8 Å². The zero-order valence-electron chi connectivity index (χ0n) is 57.2. The van der Waals surface area contributed by atoms with E-state index in [2.05, 4.69) is 386 Å². The number of fused-ring (bicyclic) bond motifs is 17. The van der Waals surface area contributed by atoms with Gasteiger partial charge in [0, 0.05) is 91.6 Å². The van der Waals surface area contributed by atoms with Crippen LogP contribution in [0.3, 0.4) is 0 Å². The topological polar surface area (TPSA) is 31.4 Å². The second-order valence-corrected chi connectivity index (χ2v) is 29.0. The van der Waals surface area contributed by atoms with Crippen molar-refractivity contribution in [3.8, 4) is 56.4 Å². The molecule has 484 valence electrons. The minimum Gasteiger partial charge on any atom is -0.458 e. The maximum atomic E-state index is 7.92. The summed E-state index contributed by atoms with van der Waals surface area (Å²) >= 11 is 0. The molecule has 15 aromatic rings.